The number of benzene rings is 2. The van der Waals surface area contributed by atoms with Gasteiger partial charge in [0, 0.05) is 36.7 Å². The Morgan fingerprint density at radius 2 is 1.77 bits per heavy atom. The number of hydrogen-bond acceptors (Lipinski definition) is 3. The molecule has 0 aromatic heterocycles. The Bertz CT molecular complexity index is 940. The molecule has 2 aromatic carbocycles. The summed E-state index contributed by atoms with van der Waals surface area (Å²) in [6.45, 7) is 4.20. The van der Waals surface area contributed by atoms with E-state index in [9.17, 15) is 14.4 Å². The quantitative estimate of drug-likeness (QED) is 0.509. The van der Waals surface area contributed by atoms with Gasteiger partial charge in [-0.3, -0.25) is 14.4 Å². The third-order valence-corrected chi connectivity index (χ3v) is 4.61. The largest absolute Gasteiger partial charge is 0.336 e. The van der Waals surface area contributed by atoms with Crippen molar-refractivity contribution in [1.29, 1.82) is 0 Å². The summed E-state index contributed by atoms with van der Waals surface area (Å²) in [7, 11) is 1.55. The Balaban J connectivity index is 1.81. The van der Waals surface area contributed by atoms with Gasteiger partial charge in [0.25, 0.3) is 0 Å². The minimum Gasteiger partial charge on any atom is -0.336 e. The lowest BCUT2D eigenvalue weighted by Gasteiger charge is -2.17. The molecule has 0 radical (unpaired) electrons. The number of rotatable bonds is 9. The topological polar surface area (TPSA) is 66.5 Å². The summed E-state index contributed by atoms with van der Waals surface area (Å²) in [6.07, 6.45) is 6.49. The molecule has 0 aliphatic heterocycles. The van der Waals surface area contributed by atoms with Crippen LogP contribution in [0.4, 0.5) is 5.69 Å². The van der Waals surface area contributed by atoms with Crippen molar-refractivity contribution in [2.45, 2.75) is 33.1 Å². The van der Waals surface area contributed by atoms with Crippen molar-refractivity contribution in [2.24, 2.45) is 5.92 Å². The average Bonchev–Trinajstić information content (AvgIpc) is 2.71. The number of terminal acetylenes is 1. The number of carbonyl (C=O) groups is 3. The van der Waals surface area contributed by atoms with Crippen LogP contribution in [0, 0.1) is 18.3 Å². The molecule has 30 heavy (non-hydrogen) atoms. The molecule has 156 valence electrons. The fourth-order valence-corrected chi connectivity index (χ4v) is 3.04. The van der Waals surface area contributed by atoms with Gasteiger partial charge in [0.15, 0.2) is 5.78 Å². The van der Waals surface area contributed by atoms with E-state index >= 15 is 0 Å². The fraction of sp³-hybridized carbons (Fsp3) is 0.320. The van der Waals surface area contributed by atoms with Crippen LogP contribution in [0.15, 0.2) is 48.5 Å². The summed E-state index contributed by atoms with van der Waals surface area (Å²) in [6, 6.07) is 14.5. The maximum absolute atomic E-state index is 12.4. The van der Waals surface area contributed by atoms with E-state index in [1.165, 1.54) is 10.5 Å². The van der Waals surface area contributed by atoms with Gasteiger partial charge in [-0.05, 0) is 36.1 Å². The first-order chi connectivity index (χ1) is 14.3. The molecule has 2 aromatic rings. The molecule has 1 N–H and O–H groups in total. The molecule has 0 atom stereocenters. The number of likely N-dealkylation sites (N-methyl/N-ethyl adjacent to an activating group) is 1. The number of hydrogen-bond donors (Lipinski definition) is 1. The lowest BCUT2D eigenvalue weighted by molar-refractivity contribution is -0.133. The van der Waals surface area contributed by atoms with E-state index in [0.29, 0.717) is 22.7 Å². The Morgan fingerprint density at radius 3 is 2.40 bits per heavy atom. The molecular formula is C25H28N2O3. The number of amides is 2. The highest BCUT2D eigenvalue weighted by atomic mass is 16.2. The number of Topliss-reactive ketones (excluding diaryl/α,β-unsaturated/α-hetero) is 1. The van der Waals surface area contributed by atoms with E-state index in [1.54, 1.807) is 31.3 Å². The van der Waals surface area contributed by atoms with Gasteiger partial charge in [-0.15, -0.1) is 6.42 Å². The van der Waals surface area contributed by atoms with Crippen LogP contribution < -0.4 is 5.32 Å². The molecule has 0 saturated carbocycles. The zero-order chi connectivity index (χ0) is 22.1. The van der Waals surface area contributed by atoms with E-state index in [2.05, 4.69) is 25.1 Å². The molecule has 0 spiro atoms. The predicted molar refractivity (Wildman–Crippen MR) is 119 cm³/mol. The highest BCUT2D eigenvalue weighted by Crippen LogP contribution is 2.13. The third kappa shape index (κ3) is 7.21. The van der Waals surface area contributed by atoms with Gasteiger partial charge in [0.1, 0.15) is 0 Å². The third-order valence-electron chi connectivity index (χ3n) is 4.61. The second kappa shape index (κ2) is 11.0. The number of nitrogens with zero attached hydrogens (tertiary/aromatic N) is 1. The SMILES string of the molecule is C#Cc1cccc(NC(=O)CN(C)C(=O)CCC(=O)c2ccc(CC(C)C)cc2)c1. The fourth-order valence-electron chi connectivity index (χ4n) is 3.04. The number of nitrogens with one attached hydrogen (secondary N) is 1. The first-order valence-electron chi connectivity index (χ1n) is 10.0. The molecule has 0 aliphatic carbocycles. The van der Waals surface area contributed by atoms with Crippen LogP contribution in [0.1, 0.15) is 48.2 Å². The van der Waals surface area contributed by atoms with Crippen LogP contribution in [-0.2, 0) is 16.0 Å². The van der Waals surface area contributed by atoms with Crippen LogP contribution in [0.5, 0.6) is 0 Å². The van der Waals surface area contributed by atoms with Gasteiger partial charge in [0.2, 0.25) is 11.8 Å². The Kier molecular flexibility index (Phi) is 8.37. The summed E-state index contributed by atoms with van der Waals surface area (Å²) in [5, 5.41) is 2.72. The molecule has 0 unspecified atom stereocenters. The molecule has 0 bridgehead atoms. The van der Waals surface area contributed by atoms with Crippen molar-refractivity contribution in [2.75, 3.05) is 18.9 Å². The minimum absolute atomic E-state index is 0.0585. The first kappa shape index (κ1) is 22.9. The van der Waals surface area contributed by atoms with E-state index in [-0.39, 0.29) is 37.0 Å². The molecule has 2 amide bonds. The molecule has 5 heteroatoms. The summed E-state index contributed by atoms with van der Waals surface area (Å²) < 4.78 is 0. The monoisotopic (exact) mass is 404 g/mol. The number of carbonyl (C=O) groups excluding carboxylic acids is 3. The zero-order valence-electron chi connectivity index (χ0n) is 17.8. The van der Waals surface area contributed by atoms with E-state index < -0.39 is 0 Å². The van der Waals surface area contributed by atoms with E-state index in [0.717, 1.165) is 6.42 Å². The Morgan fingerprint density at radius 1 is 1.07 bits per heavy atom. The normalized spacial score (nSPS) is 10.4. The smallest absolute Gasteiger partial charge is 0.243 e. The number of anilines is 1. The minimum atomic E-state index is -0.327. The molecular weight excluding hydrogens is 376 g/mol. The standard InChI is InChI=1S/C25H28N2O3/c1-5-19-7-6-8-22(16-19)26-24(29)17-27(4)25(30)14-13-23(28)21-11-9-20(10-12-21)15-18(2)3/h1,6-12,16,18H,13-15,17H2,2-4H3,(H,26,29). The van der Waals surface area contributed by atoms with E-state index in [1.807, 2.05) is 24.3 Å². The summed E-state index contributed by atoms with van der Waals surface area (Å²) in [4.78, 5) is 38.2. The van der Waals surface area contributed by atoms with Gasteiger partial charge in [0.05, 0.1) is 6.54 Å². The van der Waals surface area contributed by atoms with Gasteiger partial charge in [-0.2, -0.15) is 0 Å². The van der Waals surface area contributed by atoms with Crippen molar-refractivity contribution >= 4 is 23.3 Å². The predicted octanol–water partition coefficient (Wildman–Crippen LogP) is 3.93. The zero-order valence-corrected chi connectivity index (χ0v) is 17.8. The summed E-state index contributed by atoms with van der Waals surface area (Å²) in [5.74, 6) is 2.39. The molecule has 5 nitrogen and oxygen atoms in total. The highest BCUT2D eigenvalue weighted by molar-refractivity contribution is 5.99. The second-order valence-electron chi connectivity index (χ2n) is 7.74. The summed E-state index contributed by atoms with van der Waals surface area (Å²) in [5.41, 5.74) is 3.03. The van der Waals surface area contributed by atoms with Crippen LogP contribution >= 0.6 is 0 Å². The van der Waals surface area contributed by atoms with Crippen molar-refractivity contribution < 1.29 is 14.4 Å². The molecule has 2 rings (SSSR count). The lowest BCUT2D eigenvalue weighted by Crippen LogP contribution is -2.35. The van der Waals surface area contributed by atoms with Gasteiger partial charge in [-0.25, -0.2) is 0 Å². The Labute approximate surface area is 178 Å². The Hall–Kier alpha value is -3.39. The van der Waals surface area contributed by atoms with Crippen LogP contribution in [-0.4, -0.2) is 36.1 Å². The molecule has 0 heterocycles. The lowest BCUT2D eigenvalue weighted by atomic mass is 9.99. The van der Waals surface area contributed by atoms with E-state index in [4.69, 9.17) is 6.42 Å². The van der Waals surface area contributed by atoms with Crippen LogP contribution in [0.2, 0.25) is 0 Å². The second-order valence-corrected chi connectivity index (χ2v) is 7.74. The molecule has 0 aliphatic rings. The van der Waals surface area contributed by atoms with Gasteiger partial charge >= 0.3 is 0 Å². The number of ketones is 1. The van der Waals surface area contributed by atoms with Crippen LogP contribution in [0.3, 0.4) is 0 Å². The molecule has 0 fully saturated rings. The van der Waals surface area contributed by atoms with Crippen molar-refractivity contribution in [3.8, 4) is 12.3 Å². The van der Waals surface area contributed by atoms with Gasteiger partial charge in [-0.1, -0.05) is 50.1 Å². The summed E-state index contributed by atoms with van der Waals surface area (Å²) >= 11 is 0. The van der Waals surface area contributed by atoms with Crippen molar-refractivity contribution in [1.82, 2.24) is 4.90 Å². The maximum atomic E-state index is 12.4. The van der Waals surface area contributed by atoms with Gasteiger partial charge < -0.3 is 10.2 Å². The average molecular weight is 405 g/mol. The van der Waals surface area contributed by atoms with Crippen molar-refractivity contribution in [3.05, 3.63) is 65.2 Å². The first-order valence-corrected chi connectivity index (χ1v) is 10.0. The molecule has 0 saturated heterocycles. The maximum Gasteiger partial charge on any atom is 0.243 e. The highest BCUT2D eigenvalue weighted by Gasteiger charge is 2.15. The van der Waals surface area contributed by atoms with Crippen LogP contribution in [0.25, 0.3) is 0 Å². The van der Waals surface area contributed by atoms with Crippen molar-refractivity contribution in [3.63, 3.8) is 0 Å².